The van der Waals surface area contributed by atoms with Crippen LogP contribution in [-0.2, 0) is 21.1 Å². The van der Waals surface area contributed by atoms with Crippen LogP contribution in [0, 0.1) is 5.53 Å². The van der Waals surface area contributed by atoms with Gasteiger partial charge in [-0.2, -0.15) is 27.0 Å². The van der Waals surface area contributed by atoms with E-state index in [4.69, 9.17) is 11.1 Å². The fraction of sp³-hybridized carbons (Fsp3) is 0. The SMILES string of the molecule is S.S.[H-].[Mo].[N-]=[N+]=N.[Na+]. The standard InChI is InChI=1S/Mo.HN3.Na.2H2S.H/c;1-3-2;;;;/h;1H;;2*1H2;/q;;+1;;;-1. The molecular formula is H6MoN3NaS2. The molecule has 0 unspecified atom stereocenters. The molecule has 0 aromatic heterocycles. The molecule has 0 rings (SSSR count). The molecule has 40 valence electrons. The molecule has 0 spiro atoms. The van der Waals surface area contributed by atoms with E-state index in [-0.39, 0.29) is 79.0 Å². The first kappa shape index (κ1) is 37.7. The number of nitrogens with one attached hydrogen (secondary N) is 1. The molecule has 0 atom stereocenters. The van der Waals surface area contributed by atoms with Gasteiger partial charge in [-0.1, -0.05) is 0 Å². The van der Waals surface area contributed by atoms with E-state index >= 15 is 0 Å². The van der Waals surface area contributed by atoms with E-state index < -0.39 is 0 Å². The molecule has 0 aliphatic rings. The summed E-state index contributed by atoms with van der Waals surface area (Å²) < 4.78 is 0. The predicted octanol–water partition coefficient (Wildman–Crippen LogP) is -1.78. The topological polar surface area (TPSA) is 60.3 Å². The van der Waals surface area contributed by atoms with Crippen molar-refractivity contribution in [1.82, 2.24) is 0 Å². The Bertz CT molecular complexity index is 38.3. The Morgan fingerprint density at radius 3 is 1.43 bits per heavy atom. The first-order valence-corrected chi connectivity index (χ1v) is 0.424. The zero-order valence-electron chi connectivity index (χ0n) is 4.80. The first-order chi connectivity index (χ1) is 1.41. The van der Waals surface area contributed by atoms with Crippen LogP contribution in [0.3, 0.4) is 0 Å². The molecule has 0 aromatic carbocycles. The van der Waals surface area contributed by atoms with Gasteiger partial charge in [0.2, 0.25) is 0 Å². The van der Waals surface area contributed by atoms with Gasteiger partial charge in [-0.15, -0.1) is 5.53 Å². The summed E-state index contributed by atoms with van der Waals surface area (Å²) in [6.07, 6.45) is 0. The second-order valence-corrected chi connectivity index (χ2v) is 0.100. The van der Waals surface area contributed by atoms with Gasteiger partial charge < -0.3 is 1.43 Å². The van der Waals surface area contributed by atoms with Crippen molar-refractivity contribution < 1.29 is 52.0 Å². The van der Waals surface area contributed by atoms with Gasteiger partial charge in [0.15, 0.2) is 0 Å². The summed E-state index contributed by atoms with van der Waals surface area (Å²) in [5, 5.41) is 0. The van der Waals surface area contributed by atoms with Gasteiger partial charge in [0.05, 0.1) is 0 Å². The maximum atomic E-state index is 6.86. The summed E-state index contributed by atoms with van der Waals surface area (Å²) in [5.41, 5.74) is 12.2. The average Bonchev–Trinajstić information content (AvgIpc) is 0.918. The average molecular weight is 231 g/mol. The van der Waals surface area contributed by atoms with Crippen molar-refractivity contribution in [3.05, 3.63) is 10.4 Å². The molecule has 0 heterocycles. The van der Waals surface area contributed by atoms with Crippen LogP contribution in [0.1, 0.15) is 1.43 Å². The second kappa shape index (κ2) is 47.4. The van der Waals surface area contributed by atoms with Crippen LogP contribution >= 0.6 is 27.0 Å². The van der Waals surface area contributed by atoms with Crippen LogP contribution in [-0.4, -0.2) is 0 Å². The van der Waals surface area contributed by atoms with Gasteiger partial charge in [-0.3, -0.25) is 0 Å². The quantitative estimate of drug-likeness (QED) is 0.222. The van der Waals surface area contributed by atoms with Crippen LogP contribution in [0.15, 0.2) is 0 Å². The summed E-state index contributed by atoms with van der Waals surface area (Å²) in [5.74, 6) is 0. The van der Waals surface area contributed by atoms with Crippen LogP contribution in [0.2, 0.25) is 0 Å². The second-order valence-electron chi connectivity index (χ2n) is 0.100. The molecule has 0 aromatic rings. The normalized spacial score (nSPS) is 1.14. The van der Waals surface area contributed by atoms with Gasteiger partial charge in [0.25, 0.3) is 0 Å². The summed E-state index contributed by atoms with van der Waals surface area (Å²) in [7, 11) is 0. The van der Waals surface area contributed by atoms with Crippen LogP contribution < -0.4 is 29.6 Å². The molecule has 0 aliphatic carbocycles. The van der Waals surface area contributed by atoms with Gasteiger partial charge in [-0.25, -0.2) is 0 Å². The minimum Gasteiger partial charge on any atom is -1.00 e. The van der Waals surface area contributed by atoms with Crippen molar-refractivity contribution in [3.63, 3.8) is 0 Å². The van der Waals surface area contributed by atoms with Crippen molar-refractivity contribution in [2.45, 2.75) is 0 Å². The summed E-state index contributed by atoms with van der Waals surface area (Å²) in [6.45, 7) is 0. The van der Waals surface area contributed by atoms with E-state index in [1.54, 1.807) is 4.91 Å². The van der Waals surface area contributed by atoms with E-state index in [0.717, 1.165) is 0 Å². The molecule has 7 heteroatoms. The van der Waals surface area contributed by atoms with Crippen molar-refractivity contribution in [3.8, 4) is 0 Å². The van der Waals surface area contributed by atoms with E-state index in [1.807, 2.05) is 0 Å². The van der Waals surface area contributed by atoms with Gasteiger partial charge in [0, 0.05) is 21.1 Å². The van der Waals surface area contributed by atoms with Crippen molar-refractivity contribution in [1.29, 1.82) is 5.53 Å². The fourth-order valence-corrected chi connectivity index (χ4v) is 0. The van der Waals surface area contributed by atoms with Crippen LogP contribution in [0.5, 0.6) is 0 Å². The molecular weight excluding hydrogens is 225 g/mol. The van der Waals surface area contributed by atoms with Gasteiger partial charge in [0.1, 0.15) is 0 Å². The maximum Gasteiger partial charge on any atom is 1.00 e. The Labute approximate surface area is 94.0 Å². The monoisotopic (exact) mass is 233 g/mol. The van der Waals surface area contributed by atoms with E-state index in [0.29, 0.717) is 0 Å². The fourth-order valence-electron chi connectivity index (χ4n) is 0. The van der Waals surface area contributed by atoms with Gasteiger partial charge in [-0.05, 0) is 10.4 Å². The summed E-state index contributed by atoms with van der Waals surface area (Å²) in [4.78, 5) is 1.75. The molecule has 0 fully saturated rings. The zero-order chi connectivity index (χ0) is 2.71. The largest absolute Gasteiger partial charge is 1.00 e. The Kier molecular flexibility index (Phi) is 255. The first-order valence-electron chi connectivity index (χ1n) is 0.424. The molecule has 0 radical (unpaired) electrons. The smallest absolute Gasteiger partial charge is 1.00 e. The number of rotatable bonds is 0. The molecule has 0 bridgehead atoms. The minimum absolute atomic E-state index is 0. The predicted molar refractivity (Wildman–Crippen MR) is 31.3 cm³/mol. The third-order valence-corrected chi connectivity index (χ3v) is 0. The molecule has 1 N–H and O–H groups in total. The zero-order valence-corrected chi connectivity index (χ0v) is 9.81. The summed E-state index contributed by atoms with van der Waals surface area (Å²) in [6, 6.07) is 0. The van der Waals surface area contributed by atoms with E-state index in [1.165, 1.54) is 0 Å². The molecule has 3 nitrogen and oxygen atoms in total. The Hall–Kier alpha value is 1.70. The minimum atomic E-state index is 0. The van der Waals surface area contributed by atoms with E-state index in [2.05, 4.69) is 0 Å². The number of nitrogens with zero attached hydrogens (tertiary/aromatic N) is 2. The van der Waals surface area contributed by atoms with Crippen molar-refractivity contribution >= 4 is 27.0 Å². The van der Waals surface area contributed by atoms with Gasteiger partial charge >= 0.3 is 29.6 Å². The Balaban J connectivity index is -0.00000000200. The Morgan fingerprint density at radius 1 is 1.43 bits per heavy atom. The molecule has 0 amide bonds. The number of hydrogen-bond donors (Lipinski definition) is 1. The molecule has 0 aliphatic heterocycles. The van der Waals surface area contributed by atoms with Crippen molar-refractivity contribution in [2.24, 2.45) is 0 Å². The van der Waals surface area contributed by atoms with Crippen LogP contribution in [0.4, 0.5) is 0 Å². The Morgan fingerprint density at radius 2 is 1.43 bits per heavy atom. The molecule has 0 saturated carbocycles. The van der Waals surface area contributed by atoms with Crippen LogP contribution in [0.25, 0.3) is 10.4 Å². The summed E-state index contributed by atoms with van der Waals surface area (Å²) >= 11 is 0. The number of hydrogen-bond acceptors (Lipinski definition) is 1. The third-order valence-electron chi connectivity index (χ3n) is 0. The van der Waals surface area contributed by atoms with Crippen molar-refractivity contribution in [2.75, 3.05) is 0 Å². The maximum absolute atomic E-state index is 6.86. The molecule has 0 saturated heterocycles. The third kappa shape index (κ3) is 86.7. The molecule has 7 heavy (non-hydrogen) atoms. The van der Waals surface area contributed by atoms with E-state index in [9.17, 15) is 0 Å².